The minimum Gasteiger partial charge on any atom is -0.214 e. The number of hydrogen-bond donors (Lipinski definition) is 0. The SMILES string of the molecule is C[C-]1C2=C3Cc4ccccc4C3C3CCCCC3C2CC(C)C1(C)C.[Cl-].[Cl-].[Si]=[Hf+2].c1cc[cH-]c1. The summed E-state index contributed by atoms with van der Waals surface area (Å²) in [5, 5.41) is 0. The Labute approximate surface area is 237 Å². The molecule has 0 nitrogen and oxygen atoms in total. The Morgan fingerprint density at radius 1 is 0.971 bits per heavy atom. The van der Waals surface area contributed by atoms with Crippen LogP contribution in [0.15, 0.2) is 65.7 Å². The Balaban J connectivity index is 0.000000400. The van der Waals surface area contributed by atoms with Gasteiger partial charge in [-0.25, -0.2) is 29.2 Å². The van der Waals surface area contributed by atoms with E-state index in [1.807, 2.05) is 41.5 Å². The second kappa shape index (κ2) is 12.9. The average molecular weight is 676 g/mol. The molecule has 0 aromatic heterocycles. The van der Waals surface area contributed by atoms with Crippen molar-refractivity contribution in [2.75, 3.05) is 0 Å². The summed E-state index contributed by atoms with van der Waals surface area (Å²) in [6.07, 6.45) is 8.52. The smallest absolute Gasteiger partial charge is 0.172 e. The molecule has 2 radical (unpaired) electrons. The minimum atomic E-state index is 0. The van der Waals surface area contributed by atoms with Crippen molar-refractivity contribution in [1.29, 1.82) is 0 Å². The second-order valence-corrected chi connectivity index (χ2v) is 11.0. The first-order valence-corrected chi connectivity index (χ1v) is 18.5. The molecule has 0 amide bonds. The van der Waals surface area contributed by atoms with E-state index in [-0.39, 0.29) is 24.8 Å². The summed E-state index contributed by atoms with van der Waals surface area (Å²) in [6, 6.07) is 19.4. The summed E-state index contributed by atoms with van der Waals surface area (Å²) in [7, 11) is 0. The maximum Gasteiger partial charge on any atom is -0.172 e. The quantitative estimate of drug-likeness (QED) is 0.295. The zero-order valence-corrected chi connectivity index (χ0v) is 27.2. The molecular weight excluding hydrogens is 638 g/mol. The van der Waals surface area contributed by atoms with E-state index in [2.05, 4.69) is 58.9 Å². The van der Waals surface area contributed by atoms with Crippen molar-refractivity contribution < 1.29 is 47.8 Å². The third kappa shape index (κ3) is 5.41. The van der Waals surface area contributed by atoms with Crippen LogP contribution >= 0.6 is 0 Å². The van der Waals surface area contributed by atoms with Crippen LogP contribution < -0.4 is 24.8 Å². The van der Waals surface area contributed by atoms with Crippen LogP contribution in [0.25, 0.3) is 0 Å². The van der Waals surface area contributed by atoms with Crippen molar-refractivity contribution in [3.05, 3.63) is 82.8 Å². The standard InChI is InChI=1S/C25H33.C5H5.2ClH.Hf.Si/c1-15-13-21-19-11-7-8-12-20(19)24-18-10-6-5-9-17(18)14-22(24)23(21)16(2)25(15,3)4;1-2-4-5-3-1;;;;/h5-6,9-10,15,19-21,24H,7-8,11-14H2,1-4H3;1-5H;2*1H;;/q2*-1;;;+2;/p-2. The van der Waals surface area contributed by atoms with E-state index in [9.17, 15) is 0 Å². The van der Waals surface area contributed by atoms with Crippen LogP contribution in [-0.2, 0) is 29.4 Å². The van der Waals surface area contributed by atoms with Gasteiger partial charge in [0, 0.05) is 0 Å². The molecule has 182 valence electrons. The third-order valence-corrected chi connectivity index (χ3v) is 9.45. The molecule has 4 aliphatic carbocycles. The van der Waals surface area contributed by atoms with Crippen LogP contribution in [0.1, 0.15) is 76.8 Å². The fourth-order valence-electron chi connectivity index (χ4n) is 7.33. The van der Waals surface area contributed by atoms with Gasteiger partial charge in [-0.2, -0.15) is 18.2 Å². The van der Waals surface area contributed by atoms with E-state index < -0.39 is 0 Å². The molecule has 0 N–H and O–H groups in total. The predicted octanol–water partition coefficient (Wildman–Crippen LogP) is 1.75. The monoisotopic (exact) mass is 676 g/mol. The van der Waals surface area contributed by atoms with Crippen LogP contribution in [0.2, 0.25) is 0 Å². The normalized spacial score (nSPS) is 29.8. The Kier molecular flexibility index (Phi) is 11.4. The van der Waals surface area contributed by atoms with E-state index in [1.54, 1.807) is 17.0 Å². The van der Waals surface area contributed by atoms with Crippen LogP contribution in [-0.4, -0.2) is 6.94 Å². The molecule has 0 heterocycles. The van der Waals surface area contributed by atoms with Crippen LogP contribution in [0.4, 0.5) is 0 Å². The third-order valence-electron chi connectivity index (χ3n) is 9.45. The maximum atomic E-state index is 3.11. The average Bonchev–Trinajstić information content (AvgIpc) is 3.51. The van der Waals surface area contributed by atoms with Gasteiger partial charge in [-0.15, -0.1) is 6.92 Å². The summed E-state index contributed by atoms with van der Waals surface area (Å²) in [5.74, 6) is 6.00. The molecule has 34 heavy (non-hydrogen) atoms. The largest absolute Gasteiger partial charge is 0.214 e. The molecule has 0 spiro atoms. The first-order valence-electron chi connectivity index (χ1n) is 12.6. The number of rotatable bonds is 0. The van der Waals surface area contributed by atoms with E-state index in [0.29, 0.717) is 5.41 Å². The Bertz CT molecular complexity index is 918. The van der Waals surface area contributed by atoms with Gasteiger partial charge in [0.05, 0.1) is 0 Å². The molecule has 2 saturated carbocycles. The number of fused-ring (bicyclic) bond motifs is 7. The van der Waals surface area contributed by atoms with E-state index >= 15 is 0 Å². The molecule has 2 aromatic rings. The first-order chi connectivity index (χ1) is 15.5. The van der Waals surface area contributed by atoms with Crippen molar-refractivity contribution in [1.82, 2.24) is 0 Å². The Morgan fingerprint density at radius 3 is 2.21 bits per heavy atom. The van der Waals surface area contributed by atoms with Gasteiger partial charge in [0.15, 0.2) is 0 Å². The molecule has 5 unspecified atom stereocenters. The summed E-state index contributed by atoms with van der Waals surface area (Å²) in [5.41, 5.74) is 7.35. The Hall–Kier alpha value is -0.153. The fraction of sp³-hybridized carbons (Fsp3) is 0.533. The summed E-state index contributed by atoms with van der Waals surface area (Å²) in [4.78, 5) is 0. The van der Waals surface area contributed by atoms with E-state index in [1.165, 1.54) is 38.5 Å². The zero-order chi connectivity index (χ0) is 22.9. The number of halogens is 2. The van der Waals surface area contributed by atoms with Gasteiger partial charge in [-0.05, 0) is 30.6 Å². The van der Waals surface area contributed by atoms with Crippen molar-refractivity contribution >= 4 is 6.94 Å². The Morgan fingerprint density at radius 2 is 1.59 bits per heavy atom. The van der Waals surface area contributed by atoms with Gasteiger partial charge in [-0.1, -0.05) is 99.1 Å². The van der Waals surface area contributed by atoms with Gasteiger partial charge in [-0.3, -0.25) is 0 Å². The first kappa shape index (κ1) is 30.1. The fourth-order valence-corrected chi connectivity index (χ4v) is 7.33. The molecule has 0 saturated heterocycles. The van der Waals surface area contributed by atoms with Gasteiger partial charge >= 0.3 is 29.9 Å². The molecule has 5 atom stereocenters. The van der Waals surface area contributed by atoms with Gasteiger partial charge in [0.1, 0.15) is 0 Å². The summed E-state index contributed by atoms with van der Waals surface area (Å²) < 4.78 is 0. The molecule has 4 aliphatic rings. The van der Waals surface area contributed by atoms with E-state index in [4.69, 9.17) is 0 Å². The number of hydrogen-bond acceptors (Lipinski definition) is 0. The van der Waals surface area contributed by atoms with Crippen LogP contribution in [0.5, 0.6) is 0 Å². The van der Waals surface area contributed by atoms with Crippen molar-refractivity contribution in [3.63, 3.8) is 0 Å². The topological polar surface area (TPSA) is 0 Å². The number of allylic oxidation sites excluding steroid dienone is 2. The molecular formula is C30H38Cl2HfSi-2. The van der Waals surface area contributed by atoms with Crippen molar-refractivity contribution in [2.45, 2.75) is 72.1 Å². The molecule has 0 aliphatic heterocycles. The maximum absolute atomic E-state index is 3.11. The summed E-state index contributed by atoms with van der Waals surface area (Å²) in [6.45, 7) is 13.1. The minimum absolute atomic E-state index is 0. The van der Waals surface area contributed by atoms with Crippen molar-refractivity contribution in [2.24, 2.45) is 29.1 Å². The van der Waals surface area contributed by atoms with Crippen LogP contribution in [0.3, 0.4) is 0 Å². The van der Waals surface area contributed by atoms with Crippen molar-refractivity contribution in [3.8, 4) is 0 Å². The molecule has 6 rings (SSSR count). The molecule has 0 bridgehead atoms. The van der Waals surface area contributed by atoms with Gasteiger partial charge < -0.3 is 24.8 Å². The predicted molar refractivity (Wildman–Crippen MR) is 133 cm³/mol. The van der Waals surface area contributed by atoms with E-state index in [0.717, 1.165) is 52.6 Å². The van der Waals surface area contributed by atoms with Gasteiger partial charge in [0.25, 0.3) is 0 Å². The number of benzene rings is 1. The zero-order valence-electron chi connectivity index (χ0n) is 21.1. The molecule has 2 aromatic carbocycles. The van der Waals surface area contributed by atoms with Crippen LogP contribution in [0, 0.1) is 35.0 Å². The summed E-state index contributed by atoms with van der Waals surface area (Å²) >= 11 is 1.11. The van der Waals surface area contributed by atoms with Gasteiger partial charge in [0.2, 0.25) is 0 Å². The molecule has 2 fully saturated rings. The molecule has 4 heteroatoms. The second-order valence-electron chi connectivity index (χ2n) is 11.0.